The van der Waals surface area contributed by atoms with Crippen molar-refractivity contribution in [2.24, 2.45) is 0 Å². The fraction of sp³-hybridized carbons (Fsp3) is 0.300. The van der Waals surface area contributed by atoms with Crippen molar-refractivity contribution >= 4 is 10.0 Å². The molecule has 1 aromatic heterocycles. The first kappa shape index (κ1) is 17.9. The highest BCUT2D eigenvalue weighted by Gasteiger charge is 2.34. The highest BCUT2D eigenvalue weighted by molar-refractivity contribution is 7.89. The molecular weight excluding hydrogens is 360 g/mol. The van der Waals surface area contributed by atoms with Gasteiger partial charge in [-0.05, 0) is 31.9 Å². The fourth-order valence-electron chi connectivity index (χ4n) is 3.57. The van der Waals surface area contributed by atoms with Crippen LogP contribution in [0.25, 0.3) is 11.3 Å². The normalized spacial score (nSPS) is 18.1. The standard InChI is InChI=1S/C20H22N4O2S/c1-15-8-9-20(16(2)12-15)27(25,26)23-11-10-18(13-23)24-14-19(21-22-24)17-6-4-3-5-7-17/h3-9,12,14,18H,10-11,13H2,1-2H3. The molecule has 0 bridgehead atoms. The van der Waals surface area contributed by atoms with Crippen molar-refractivity contribution in [1.29, 1.82) is 0 Å². The number of hydrogen-bond acceptors (Lipinski definition) is 4. The van der Waals surface area contributed by atoms with Crippen molar-refractivity contribution in [1.82, 2.24) is 19.3 Å². The Hall–Kier alpha value is -2.51. The Labute approximate surface area is 159 Å². The van der Waals surface area contributed by atoms with Gasteiger partial charge in [-0.3, -0.25) is 0 Å². The minimum Gasteiger partial charge on any atom is -0.247 e. The lowest BCUT2D eigenvalue weighted by Gasteiger charge is -2.18. The summed E-state index contributed by atoms with van der Waals surface area (Å²) >= 11 is 0. The summed E-state index contributed by atoms with van der Waals surface area (Å²) in [7, 11) is -3.50. The van der Waals surface area contributed by atoms with E-state index in [9.17, 15) is 8.42 Å². The average molecular weight is 382 g/mol. The largest absolute Gasteiger partial charge is 0.247 e. The van der Waals surface area contributed by atoms with E-state index in [1.165, 1.54) is 0 Å². The number of nitrogens with zero attached hydrogens (tertiary/aromatic N) is 4. The minimum absolute atomic E-state index is 0.00417. The summed E-state index contributed by atoms with van der Waals surface area (Å²) in [5.41, 5.74) is 3.64. The lowest BCUT2D eigenvalue weighted by Crippen LogP contribution is -2.30. The van der Waals surface area contributed by atoms with Crippen molar-refractivity contribution in [2.45, 2.75) is 31.2 Å². The van der Waals surface area contributed by atoms with Crippen molar-refractivity contribution in [3.8, 4) is 11.3 Å². The van der Waals surface area contributed by atoms with E-state index >= 15 is 0 Å². The van der Waals surface area contributed by atoms with Crippen LogP contribution in [0.15, 0.2) is 59.6 Å². The molecule has 0 saturated carbocycles. The maximum Gasteiger partial charge on any atom is 0.243 e. The number of sulfonamides is 1. The molecule has 7 heteroatoms. The zero-order valence-corrected chi connectivity index (χ0v) is 16.2. The Morgan fingerprint density at radius 2 is 1.85 bits per heavy atom. The number of benzene rings is 2. The van der Waals surface area contributed by atoms with Gasteiger partial charge >= 0.3 is 0 Å². The van der Waals surface area contributed by atoms with Gasteiger partial charge in [0, 0.05) is 18.7 Å². The van der Waals surface area contributed by atoms with E-state index in [0.29, 0.717) is 18.0 Å². The van der Waals surface area contributed by atoms with Gasteiger partial charge in [0.25, 0.3) is 0 Å². The number of aromatic nitrogens is 3. The topological polar surface area (TPSA) is 68.1 Å². The quantitative estimate of drug-likeness (QED) is 0.695. The third kappa shape index (κ3) is 3.40. The van der Waals surface area contributed by atoms with Crippen LogP contribution in [0.3, 0.4) is 0 Å². The highest BCUT2D eigenvalue weighted by Crippen LogP contribution is 2.29. The van der Waals surface area contributed by atoms with Gasteiger partial charge in [-0.2, -0.15) is 4.31 Å². The predicted octanol–water partition coefficient (Wildman–Crippen LogP) is 3.20. The summed E-state index contributed by atoms with van der Waals surface area (Å²) in [6.07, 6.45) is 2.62. The van der Waals surface area contributed by atoms with Gasteiger partial charge in [0.2, 0.25) is 10.0 Å². The van der Waals surface area contributed by atoms with Crippen molar-refractivity contribution in [2.75, 3.05) is 13.1 Å². The molecule has 6 nitrogen and oxygen atoms in total. The van der Waals surface area contributed by atoms with E-state index in [4.69, 9.17) is 0 Å². The number of hydrogen-bond donors (Lipinski definition) is 0. The highest BCUT2D eigenvalue weighted by atomic mass is 32.2. The van der Waals surface area contributed by atoms with Crippen LogP contribution >= 0.6 is 0 Å². The van der Waals surface area contributed by atoms with E-state index in [2.05, 4.69) is 10.3 Å². The second-order valence-electron chi connectivity index (χ2n) is 7.02. The molecule has 140 valence electrons. The van der Waals surface area contributed by atoms with Crippen LogP contribution in [0.4, 0.5) is 0 Å². The molecule has 2 heterocycles. The molecule has 0 amide bonds. The maximum atomic E-state index is 13.1. The molecule has 0 radical (unpaired) electrons. The van der Waals surface area contributed by atoms with Crippen LogP contribution in [-0.4, -0.2) is 40.8 Å². The lowest BCUT2D eigenvalue weighted by atomic mass is 10.2. The Bertz CT molecular complexity index is 1060. The first-order valence-corrected chi connectivity index (χ1v) is 10.4. The molecule has 1 aliphatic rings. The van der Waals surface area contributed by atoms with Gasteiger partial charge in [0.05, 0.1) is 17.1 Å². The third-order valence-corrected chi connectivity index (χ3v) is 7.05. The average Bonchev–Trinajstić information content (AvgIpc) is 3.32. The van der Waals surface area contributed by atoms with E-state index in [1.54, 1.807) is 15.1 Å². The second kappa shape index (κ2) is 6.90. The van der Waals surface area contributed by atoms with Gasteiger partial charge < -0.3 is 0 Å². The van der Waals surface area contributed by atoms with Crippen molar-refractivity contribution in [3.63, 3.8) is 0 Å². The lowest BCUT2D eigenvalue weighted by molar-refractivity contribution is 0.428. The molecule has 2 aromatic carbocycles. The third-order valence-electron chi connectivity index (χ3n) is 5.03. The summed E-state index contributed by atoms with van der Waals surface area (Å²) in [5.74, 6) is 0. The molecule has 0 spiro atoms. The maximum absolute atomic E-state index is 13.1. The van der Waals surface area contributed by atoms with E-state index in [1.807, 2.05) is 62.5 Å². The molecule has 4 rings (SSSR count). The summed E-state index contributed by atoms with van der Waals surface area (Å²) in [6.45, 7) is 4.70. The van der Waals surface area contributed by atoms with Crippen LogP contribution in [0.1, 0.15) is 23.6 Å². The first-order valence-electron chi connectivity index (χ1n) is 9.00. The molecule has 1 unspecified atom stereocenters. The molecule has 3 aromatic rings. The van der Waals surface area contributed by atoms with Crippen LogP contribution < -0.4 is 0 Å². The summed E-state index contributed by atoms with van der Waals surface area (Å²) in [6, 6.07) is 15.3. The molecule has 27 heavy (non-hydrogen) atoms. The molecule has 1 atom stereocenters. The van der Waals surface area contributed by atoms with Crippen LogP contribution in [0.5, 0.6) is 0 Å². The Morgan fingerprint density at radius 3 is 2.59 bits per heavy atom. The summed E-state index contributed by atoms with van der Waals surface area (Å²) in [5, 5.41) is 8.48. The van der Waals surface area contributed by atoms with Crippen molar-refractivity contribution in [3.05, 3.63) is 65.9 Å². The van der Waals surface area contributed by atoms with E-state index in [0.717, 1.165) is 28.8 Å². The molecule has 0 aliphatic carbocycles. The molecular formula is C20H22N4O2S. The monoisotopic (exact) mass is 382 g/mol. The van der Waals surface area contributed by atoms with Gasteiger partial charge in [-0.25, -0.2) is 13.1 Å². The fourth-order valence-corrected chi connectivity index (χ4v) is 5.27. The van der Waals surface area contributed by atoms with Crippen LogP contribution in [0.2, 0.25) is 0 Å². The number of rotatable bonds is 4. The van der Waals surface area contributed by atoms with E-state index < -0.39 is 10.0 Å². The zero-order chi connectivity index (χ0) is 19.0. The minimum atomic E-state index is -3.50. The van der Waals surface area contributed by atoms with Crippen LogP contribution in [0, 0.1) is 13.8 Å². The second-order valence-corrected chi connectivity index (χ2v) is 8.93. The molecule has 1 aliphatic heterocycles. The Balaban J connectivity index is 1.54. The Kier molecular flexibility index (Phi) is 4.57. The van der Waals surface area contributed by atoms with E-state index in [-0.39, 0.29) is 6.04 Å². The summed E-state index contributed by atoms with van der Waals surface area (Å²) < 4.78 is 29.4. The summed E-state index contributed by atoms with van der Waals surface area (Å²) in [4.78, 5) is 0.386. The predicted molar refractivity (Wildman–Crippen MR) is 104 cm³/mol. The van der Waals surface area contributed by atoms with Crippen LogP contribution in [-0.2, 0) is 10.0 Å². The van der Waals surface area contributed by atoms with Crippen molar-refractivity contribution < 1.29 is 8.42 Å². The smallest absolute Gasteiger partial charge is 0.243 e. The SMILES string of the molecule is Cc1ccc(S(=O)(=O)N2CCC(n3cc(-c4ccccc4)nn3)C2)c(C)c1. The molecule has 1 fully saturated rings. The number of aryl methyl sites for hydroxylation is 2. The van der Waals surface area contributed by atoms with Gasteiger partial charge in [-0.15, -0.1) is 5.10 Å². The molecule has 0 N–H and O–H groups in total. The zero-order valence-electron chi connectivity index (χ0n) is 15.4. The first-order chi connectivity index (χ1) is 12.9. The van der Waals surface area contributed by atoms with Gasteiger partial charge in [0.15, 0.2) is 0 Å². The Morgan fingerprint density at radius 1 is 1.07 bits per heavy atom. The van der Waals surface area contributed by atoms with Gasteiger partial charge in [0.1, 0.15) is 5.69 Å². The van der Waals surface area contributed by atoms with Gasteiger partial charge in [-0.1, -0.05) is 53.2 Å². The molecule has 1 saturated heterocycles.